The standard InChI is InChI=1S/C11H20N6O3S/c1-12-21(19,20)7-6-14-11(18)10-8-17(16-15-10)9-2-4-13-5-3-9/h8-9,12-13H,2-7H2,1H3,(H,14,18). The molecule has 0 atom stereocenters. The van der Waals surface area contributed by atoms with Crippen molar-refractivity contribution in [1.29, 1.82) is 0 Å². The molecule has 0 spiro atoms. The molecule has 1 amide bonds. The van der Waals surface area contributed by atoms with E-state index >= 15 is 0 Å². The predicted molar refractivity (Wildman–Crippen MR) is 76.3 cm³/mol. The van der Waals surface area contributed by atoms with Gasteiger partial charge in [-0.15, -0.1) is 5.10 Å². The summed E-state index contributed by atoms with van der Waals surface area (Å²) in [5, 5.41) is 13.6. The van der Waals surface area contributed by atoms with Crippen LogP contribution in [0.4, 0.5) is 0 Å². The van der Waals surface area contributed by atoms with Crippen molar-refractivity contribution >= 4 is 15.9 Å². The van der Waals surface area contributed by atoms with Crippen molar-refractivity contribution < 1.29 is 13.2 Å². The molecule has 0 unspecified atom stereocenters. The Kier molecular flexibility index (Phi) is 5.26. The van der Waals surface area contributed by atoms with Crippen LogP contribution in [0.15, 0.2) is 6.20 Å². The summed E-state index contributed by atoms with van der Waals surface area (Å²) in [6.45, 7) is 1.88. The summed E-state index contributed by atoms with van der Waals surface area (Å²) in [5.74, 6) is -0.584. The molecule has 21 heavy (non-hydrogen) atoms. The van der Waals surface area contributed by atoms with Gasteiger partial charge in [0.2, 0.25) is 10.0 Å². The number of carbonyl (C=O) groups excluding carboxylic acids is 1. The highest BCUT2D eigenvalue weighted by Crippen LogP contribution is 2.16. The van der Waals surface area contributed by atoms with E-state index in [0.29, 0.717) is 0 Å². The highest BCUT2D eigenvalue weighted by Gasteiger charge is 2.18. The maximum atomic E-state index is 11.9. The fraction of sp³-hybridized carbons (Fsp3) is 0.727. The van der Waals surface area contributed by atoms with Gasteiger partial charge < -0.3 is 10.6 Å². The van der Waals surface area contributed by atoms with Crippen LogP contribution in [0, 0.1) is 0 Å². The summed E-state index contributed by atoms with van der Waals surface area (Å²) in [4.78, 5) is 11.9. The Morgan fingerprint density at radius 3 is 2.86 bits per heavy atom. The van der Waals surface area contributed by atoms with Gasteiger partial charge in [0.1, 0.15) is 0 Å². The van der Waals surface area contributed by atoms with Crippen LogP contribution in [0.2, 0.25) is 0 Å². The summed E-state index contributed by atoms with van der Waals surface area (Å²) < 4.78 is 26.3. The number of rotatable bonds is 6. The molecule has 0 aromatic carbocycles. The molecule has 118 valence electrons. The summed E-state index contributed by atoms with van der Waals surface area (Å²) in [6, 6.07) is 0.255. The minimum Gasteiger partial charge on any atom is -0.350 e. The lowest BCUT2D eigenvalue weighted by atomic mass is 10.1. The lowest BCUT2D eigenvalue weighted by Crippen LogP contribution is -2.33. The summed E-state index contributed by atoms with van der Waals surface area (Å²) >= 11 is 0. The highest BCUT2D eigenvalue weighted by atomic mass is 32.2. The first-order valence-electron chi connectivity index (χ1n) is 6.84. The number of hydrogen-bond donors (Lipinski definition) is 3. The number of sulfonamides is 1. The van der Waals surface area contributed by atoms with Crippen LogP contribution in [0.3, 0.4) is 0 Å². The molecule has 3 N–H and O–H groups in total. The second-order valence-corrected chi connectivity index (χ2v) is 6.89. The van der Waals surface area contributed by atoms with Crippen molar-refractivity contribution in [2.45, 2.75) is 18.9 Å². The third-order valence-electron chi connectivity index (χ3n) is 3.39. The van der Waals surface area contributed by atoms with Crippen LogP contribution >= 0.6 is 0 Å². The topological polar surface area (TPSA) is 118 Å². The Labute approximate surface area is 123 Å². The van der Waals surface area contributed by atoms with Crippen molar-refractivity contribution in [2.24, 2.45) is 0 Å². The Balaban J connectivity index is 1.87. The van der Waals surface area contributed by atoms with Gasteiger partial charge in [-0.3, -0.25) is 4.79 Å². The van der Waals surface area contributed by atoms with Crippen molar-refractivity contribution in [1.82, 2.24) is 30.3 Å². The lowest BCUT2D eigenvalue weighted by Gasteiger charge is -2.22. The number of hydrogen-bond acceptors (Lipinski definition) is 6. The van der Waals surface area contributed by atoms with Crippen LogP contribution in [0.1, 0.15) is 29.4 Å². The summed E-state index contributed by atoms with van der Waals surface area (Å²) in [5.41, 5.74) is 0.204. The van der Waals surface area contributed by atoms with Crippen molar-refractivity contribution in [2.75, 3.05) is 32.4 Å². The Morgan fingerprint density at radius 2 is 2.19 bits per heavy atom. The number of aromatic nitrogens is 3. The predicted octanol–water partition coefficient (Wildman–Crippen LogP) is -1.52. The first-order valence-corrected chi connectivity index (χ1v) is 8.49. The van der Waals surface area contributed by atoms with Crippen LogP contribution in [0.25, 0.3) is 0 Å². The zero-order chi connectivity index (χ0) is 15.3. The Morgan fingerprint density at radius 1 is 1.48 bits per heavy atom. The first kappa shape index (κ1) is 15.9. The monoisotopic (exact) mass is 316 g/mol. The molecule has 2 rings (SSSR count). The van der Waals surface area contributed by atoms with E-state index in [9.17, 15) is 13.2 Å². The fourth-order valence-electron chi connectivity index (χ4n) is 2.12. The van der Waals surface area contributed by atoms with Gasteiger partial charge in [-0.1, -0.05) is 5.21 Å². The third-order valence-corrected chi connectivity index (χ3v) is 4.76. The minimum atomic E-state index is -3.32. The van der Waals surface area contributed by atoms with Crippen LogP contribution in [0.5, 0.6) is 0 Å². The minimum absolute atomic E-state index is 0.0300. The SMILES string of the molecule is CNS(=O)(=O)CCNC(=O)c1cn(C2CCNCC2)nn1. The highest BCUT2D eigenvalue weighted by molar-refractivity contribution is 7.89. The number of piperidine rings is 1. The largest absolute Gasteiger partial charge is 0.350 e. The van der Waals surface area contributed by atoms with Gasteiger partial charge in [0.15, 0.2) is 5.69 Å². The van der Waals surface area contributed by atoms with Crippen LogP contribution in [-0.4, -0.2) is 61.8 Å². The molecule has 1 aliphatic heterocycles. The molecule has 1 aromatic rings. The zero-order valence-electron chi connectivity index (χ0n) is 11.9. The second-order valence-electron chi connectivity index (χ2n) is 4.84. The Hall–Kier alpha value is -1.52. The molecule has 10 heteroatoms. The summed E-state index contributed by atoms with van der Waals surface area (Å²) in [7, 11) is -1.99. The maximum Gasteiger partial charge on any atom is 0.273 e. The molecule has 2 heterocycles. The van der Waals surface area contributed by atoms with Crippen LogP contribution < -0.4 is 15.4 Å². The number of nitrogens with zero attached hydrogens (tertiary/aromatic N) is 3. The van der Waals surface area contributed by atoms with E-state index in [4.69, 9.17) is 0 Å². The van der Waals surface area contributed by atoms with Gasteiger partial charge in [-0.2, -0.15) is 0 Å². The maximum absolute atomic E-state index is 11.9. The lowest BCUT2D eigenvalue weighted by molar-refractivity contribution is 0.0951. The molecule has 0 saturated carbocycles. The molecular weight excluding hydrogens is 296 g/mol. The van der Waals surface area contributed by atoms with Crippen molar-refractivity contribution in [3.63, 3.8) is 0 Å². The van der Waals surface area contributed by atoms with Gasteiger partial charge >= 0.3 is 0 Å². The van der Waals surface area contributed by atoms with Gasteiger partial charge in [-0.05, 0) is 33.0 Å². The molecular formula is C11H20N6O3S. The molecule has 0 radical (unpaired) electrons. The molecule has 0 aliphatic carbocycles. The van der Waals surface area contributed by atoms with Gasteiger partial charge in [0.05, 0.1) is 18.0 Å². The van der Waals surface area contributed by atoms with E-state index in [0.717, 1.165) is 25.9 Å². The molecule has 0 bridgehead atoms. The van der Waals surface area contributed by atoms with E-state index in [2.05, 4.69) is 25.7 Å². The van der Waals surface area contributed by atoms with Gasteiger partial charge in [-0.25, -0.2) is 17.8 Å². The molecule has 1 aromatic heterocycles. The van der Waals surface area contributed by atoms with Crippen LogP contribution in [-0.2, 0) is 10.0 Å². The number of amides is 1. The molecule has 1 aliphatic rings. The van der Waals surface area contributed by atoms with E-state index in [1.165, 1.54) is 7.05 Å². The van der Waals surface area contributed by atoms with Gasteiger partial charge in [0.25, 0.3) is 5.91 Å². The number of nitrogens with one attached hydrogen (secondary N) is 3. The average molecular weight is 316 g/mol. The quantitative estimate of drug-likeness (QED) is 0.587. The van der Waals surface area contributed by atoms with E-state index < -0.39 is 15.9 Å². The first-order chi connectivity index (χ1) is 10.0. The van der Waals surface area contributed by atoms with E-state index in [-0.39, 0.29) is 24.0 Å². The fourth-order valence-corrected chi connectivity index (χ4v) is 2.70. The van der Waals surface area contributed by atoms with E-state index in [1.807, 2.05) is 0 Å². The normalized spacial score (nSPS) is 16.8. The molecule has 1 saturated heterocycles. The zero-order valence-corrected chi connectivity index (χ0v) is 12.7. The van der Waals surface area contributed by atoms with Crippen molar-refractivity contribution in [3.05, 3.63) is 11.9 Å². The second kappa shape index (κ2) is 6.96. The summed E-state index contributed by atoms with van der Waals surface area (Å²) in [6.07, 6.45) is 3.51. The third kappa shape index (κ3) is 4.48. The Bertz CT molecular complexity index is 579. The molecule has 9 nitrogen and oxygen atoms in total. The van der Waals surface area contributed by atoms with Crippen molar-refractivity contribution in [3.8, 4) is 0 Å². The molecule has 1 fully saturated rings. The average Bonchev–Trinajstić information content (AvgIpc) is 2.98. The smallest absolute Gasteiger partial charge is 0.273 e. The van der Waals surface area contributed by atoms with Gasteiger partial charge in [0, 0.05) is 6.54 Å². The van der Waals surface area contributed by atoms with E-state index in [1.54, 1.807) is 10.9 Å². The number of carbonyl (C=O) groups is 1.